The average Bonchev–Trinajstić information content (AvgIpc) is 3.00. The molecule has 186 valence electrons. The molecule has 2 N–H and O–H groups in total. The zero-order valence-electron chi connectivity index (χ0n) is 22.3. The number of carboxylic acid groups (broad SMARTS) is 1. The number of hydrogen-bond donors (Lipinski definition) is 2. The molecule has 0 aromatic carbocycles. The zero-order chi connectivity index (χ0) is 24.4. The Balaban J connectivity index is 1.69. The van der Waals surface area contributed by atoms with Crippen LogP contribution in [0, 0.1) is 39.4 Å². The van der Waals surface area contributed by atoms with Crippen molar-refractivity contribution in [2.24, 2.45) is 39.4 Å². The van der Waals surface area contributed by atoms with Gasteiger partial charge in [0, 0.05) is 0 Å². The summed E-state index contributed by atoms with van der Waals surface area (Å²) in [5.41, 5.74) is 5.00. The van der Waals surface area contributed by atoms with Crippen LogP contribution in [0.3, 0.4) is 0 Å². The summed E-state index contributed by atoms with van der Waals surface area (Å²) in [4.78, 5) is 12.5. The van der Waals surface area contributed by atoms with E-state index < -0.39 is 5.97 Å². The molecule has 3 heteroatoms. The number of carboxylic acids is 1. The minimum atomic E-state index is -0.592. The van der Waals surface area contributed by atoms with Crippen LogP contribution in [0.2, 0.25) is 0 Å². The molecule has 2 fully saturated rings. The van der Waals surface area contributed by atoms with Crippen molar-refractivity contribution in [3.05, 3.63) is 22.8 Å². The number of allylic oxidation sites excluding steroid dienone is 4. The molecule has 0 aromatic rings. The highest BCUT2D eigenvalue weighted by molar-refractivity contribution is 5.70. The van der Waals surface area contributed by atoms with Crippen LogP contribution < -0.4 is 0 Å². The van der Waals surface area contributed by atoms with Gasteiger partial charge in [-0.1, -0.05) is 57.4 Å². The summed E-state index contributed by atoms with van der Waals surface area (Å²) < 4.78 is 0. The molecule has 1 unspecified atom stereocenters. The Morgan fingerprint density at radius 2 is 1.70 bits per heavy atom. The van der Waals surface area contributed by atoms with Crippen molar-refractivity contribution in [3.8, 4) is 0 Å². The van der Waals surface area contributed by atoms with E-state index in [9.17, 15) is 15.0 Å². The highest BCUT2D eigenvalue weighted by Gasteiger charge is 2.64. The molecule has 4 aliphatic carbocycles. The summed E-state index contributed by atoms with van der Waals surface area (Å²) in [5.74, 6) is -0.0420. The lowest BCUT2D eigenvalue weighted by atomic mass is 9.43. The Hall–Kier alpha value is -1.09. The molecule has 0 amide bonds. The van der Waals surface area contributed by atoms with Gasteiger partial charge in [-0.15, -0.1) is 0 Å². The summed E-state index contributed by atoms with van der Waals surface area (Å²) in [6.07, 6.45) is 12.3. The third-order valence-electron chi connectivity index (χ3n) is 11.6. The largest absolute Gasteiger partial charge is 0.481 e. The molecular weight excluding hydrogens is 408 g/mol. The van der Waals surface area contributed by atoms with E-state index >= 15 is 0 Å². The van der Waals surface area contributed by atoms with Crippen LogP contribution >= 0.6 is 0 Å². The van der Waals surface area contributed by atoms with E-state index in [1.165, 1.54) is 12.0 Å². The SMILES string of the molecule is CC(C)=CCC[C@H](C(=O)O)[C@@H]1CC[C@]2(C)C3=C(CC[C@@]12C)[C@@]1(C)CCC(O)C(C)(C)[C@@H]1CC3. The Labute approximate surface area is 202 Å². The normalized spacial score (nSPS) is 42.7. The molecule has 0 spiro atoms. The predicted octanol–water partition coefficient (Wildman–Crippen LogP) is 7.54. The van der Waals surface area contributed by atoms with Gasteiger partial charge in [0.05, 0.1) is 12.0 Å². The smallest absolute Gasteiger partial charge is 0.306 e. The van der Waals surface area contributed by atoms with E-state index in [0.717, 1.165) is 57.8 Å². The van der Waals surface area contributed by atoms with Crippen molar-refractivity contribution in [1.82, 2.24) is 0 Å². The lowest BCUT2D eigenvalue weighted by Crippen LogP contribution is -2.55. The van der Waals surface area contributed by atoms with Gasteiger partial charge < -0.3 is 10.2 Å². The van der Waals surface area contributed by atoms with Gasteiger partial charge in [-0.2, -0.15) is 0 Å². The van der Waals surface area contributed by atoms with E-state index in [4.69, 9.17) is 0 Å². The second kappa shape index (κ2) is 8.25. The van der Waals surface area contributed by atoms with Gasteiger partial charge in [0.1, 0.15) is 0 Å². The summed E-state index contributed by atoms with van der Waals surface area (Å²) in [6.45, 7) is 16.2. The number of carbonyl (C=O) groups is 1. The average molecular weight is 457 g/mol. The van der Waals surface area contributed by atoms with Gasteiger partial charge in [-0.25, -0.2) is 0 Å². The quantitative estimate of drug-likeness (QED) is 0.420. The van der Waals surface area contributed by atoms with Crippen LogP contribution in [0.25, 0.3) is 0 Å². The van der Waals surface area contributed by atoms with Crippen LogP contribution in [0.4, 0.5) is 0 Å². The van der Waals surface area contributed by atoms with Gasteiger partial charge in [-0.3, -0.25) is 4.79 Å². The number of fused-ring (bicyclic) bond motifs is 4. The summed E-state index contributed by atoms with van der Waals surface area (Å²) in [7, 11) is 0. The van der Waals surface area contributed by atoms with Crippen LogP contribution in [-0.4, -0.2) is 22.3 Å². The molecule has 0 saturated heterocycles. The highest BCUT2D eigenvalue weighted by Crippen LogP contribution is 2.72. The van der Waals surface area contributed by atoms with Crippen molar-refractivity contribution in [2.45, 2.75) is 119 Å². The fraction of sp³-hybridized carbons (Fsp3) is 0.833. The third kappa shape index (κ3) is 3.58. The van der Waals surface area contributed by atoms with Gasteiger partial charge in [0.25, 0.3) is 0 Å². The Morgan fingerprint density at radius 3 is 2.33 bits per heavy atom. The Morgan fingerprint density at radius 1 is 1.00 bits per heavy atom. The van der Waals surface area contributed by atoms with Gasteiger partial charge in [0.2, 0.25) is 0 Å². The second-order valence-electron chi connectivity index (χ2n) is 13.5. The maximum atomic E-state index is 12.5. The lowest BCUT2D eigenvalue weighted by molar-refractivity contribution is -0.146. The Bertz CT molecular complexity index is 862. The van der Waals surface area contributed by atoms with Crippen molar-refractivity contribution >= 4 is 5.97 Å². The van der Waals surface area contributed by atoms with Crippen LogP contribution in [0.15, 0.2) is 22.8 Å². The number of hydrogen-bond acceptors (Lipinski definition) is 2. The lowest BCUT2D eigenvalue weighted by Gasteiger charge is -2.62. The first kappa shape index (κ1) is 25.0. The van der Waals surface area contributed by atoms with E-state index in [1.54, 1.807) is 11.1 Å². The van der Waals surface area contributed by atoms with Gasteiger partial charge in [0.15, 0.2) is 0 Å². The topological polar surface area (TPSA) is 57.5 Å². The standard InChI is InChI=1S/C30H48O3/c1-19(2)9-8-10-20(26(32)33)21-13-17-30(7)23-11-12-24-27(3,4)25(31)15-16-28(24,5)22(23)14-18-29(21,30)6/h9,20-21,24-25,31H,8,10-18H2,1-7H3,(H,32,33)/t20-,21-,24-,25?,28+,29-,30+/m0/s1. The molecule has 0 aromatic heterocycles. The van der Waals surface area contributed by atoms with E-state index in [1.807, 2.05) is 0 Å². The summed E-state index contributed by atoms with van der Waals surface area (Å²) in [6, 6.07) is 0. The first-order valence-electron chi connectivity index (χ1n) is 13.6. The first-order valence-corrected chi connectivity index (χ1v) is 13.6. The molecule has 4 aliphatic rings. The molecule has 33 heavy (non-hydrogen) atoms. The van der Waals surface area contributed by atoms with Crippen molar-refractivity contribution < 1.29 is 15.0 Å². The van der Waals surface area contributed by atoms with Gasteiger partial charge >= 0.3 is 5.97 Å². The van der Waals surface area contributed by atoms with Crippen molar-refractivity contribution in [2.75, 3.05) is 0 Å². The van der Waals surface area contributed by atoms with Crippen molar-refractivity contribution in [1.29, 1.82) is 0 Å². The fourth-order valence-electron chi connectivity index (χ4n) is 9.41. The molecule has 0 heterocycles. The number of aliphatic hydroxyl groups is 1. The van der Waals surface area contributed by atoms with Gasteiger partial charge in [-0.05, 0) is 112 Å². The highest BCUT2D eigenvalue weighted by atomic mass is 16.4. The first-order chi connectivity index (χ1) is 15.3. The fourth-order valence-corrected chi connectivity index (χ4v) is 9.41. The monoisotopic (exact) mass is 456 g/mol. The Kier molecular flexibility index (Phi) is 6.25. The van der Waals surface area contributed by atoms with Crippen LogP contribution in [0.5, 0.6) is 0 Å². The third-order valence-corrected chi connectivity index (χ3v) is 11.6. The van der Waals surface area contributed by atoms with Crippen LogP contribution in [-0.2, 0) is 4.79 Å². The maximum Gasteiger partial charge on any atom is 0.306 e. The molecular formula is C30H48O3. The molecule has 0 bridgehead atoms. The minimum Gasteiger partial charge on any atom is -0.481 e. The molecule has 4 rings (SSSR count). The molecule has 7 atom stereocenters. The number of aliphatic carboxylic acids is 1. The molecule has 0 aliphatic heterocycles. The summed E-state index contributed by atoms with van der Waals surface area (Å²) in [5, 5.41) is 21.0. The molecule has 2 saturated carbocycles. The predicted molar refractivity (Wildman–Crippen MR) is 135 cm³/mol. The number of rotatable bonds is 5. The number of aliphatic hydroxyl groups excluding tert-OH is 1. The zero-order valence-corrected chi connectivity index (χ0v) is 22.3. The maximum absolute atomic E-state index is 12.5. The van der Waals surface area contributed by atoms with E-state index in [-0.39, 0.29) is 39.6 Å². The van der Waals surface area contributed by atoms with E-state index in [2.05, 4.69) is 54.5 Å². The van der Waals surface area contributed by atoms with Crippen molar-refractivity contribution in [3.63, 3.8) is 0 Å². The second-order valence-corrected chi connectivity index (χ2v) is 13.5. The molecule has 3 nitrogen and oxygen atoms in total. The minimum absolute atomic E-state index is 0.0370. The molecule has 0 radical (unpaired) electrons. The van der Waals surface area contributed by atoms with E-state index in [0.29, 0.717) is 5.92 Å². The summed E-state index contributed by atoms with van der Waals surface area (Å²) >= 11 is 0. The van der Waals surface area contributed by atoms with Crippen LogP contribution in [0.1, 0.15) is 113 Å².